The van der Waals surface area contributed by atoms with Crippen LogP contribution in [-0.2, 0) is 4.79 Å². The van der Waals surface area contributed by atoms with Gasteiger partial charge in [0.1, 0.15) is 11.7 Å². The minimum atomic E-state index is -0.933. The Morgan fingerprint density at radius 1 is 1.08 bits per heavy atom. The van der Waals surface area contributed by atoms with Crippen molar-refractivity contribution in [2.75, 3.05) is 5.01 Å². The van der Waals surface area contributed by atoms with Gasteiger partial charge in [0, 0.05) is 0 Å². The average molecular weight is 326 g/mol. The van der Waals surface area contributed by atoms with Gasteiger partial charge >= 0.3 is 5.97 Å². The summed E-state index contributed by atoms with van der Waals surface area (Å²) in [5, 5.41) is 15.9. The summed E-state index contributed by atoms with van der Waals surface area (Å²) in [5.74, 6) is -2.05. The number of hydrogen-bond acceptors (Lipinski definition) is 3. The molecule has 1 aliphatic heterocycles. The molecule has 5 heteroatoms. The van der Waals surface area contributed by atoms with Crippen LogP contribution in [0.15, 0.2) is 47.6 Å². The number of hydrazone groups is 1. The van der Waals surface area contributed by atoms with Crippen LogP contribution in [0.5, 0.6) is 0 Å². The zero-order valence-electron chi connectivity index (χ0n) is 13.8. The highest BCUT2D eigenvalue weighted by Crippen LogP contribution is 2.39. The number of nitrogens with zero attached hydrogens (tertiary/aromatic N) is 2. The molecular formula is C19H19FN2O2. The number of halogens is 1. The molecule has 124 valence electrons. The first kappa shape index (κ1) is 16.2. The number of rotatable bonds is 3. The number of carboxylic acid groups (broad SMARTS) is 1. The predicted octanol–water partition coefficient (Wildman–Crippen LogP) is 4.08. The average Bonchev–Trinajstić information content (AvgIpc) is 2.88. The van der Waals surface area contributed by atoms with Gasteiger partial charge in [-0.15, -0.1) is 0 Å². The van der Waals surface area contributed by atoms with Gasteiger partial charge in [0.05, 0.1) is 17.4 Å². The van der Waals surface area contributed by atoms with E-state index in [4.69, 9.17) is 0 Å². The highest BCUT2D eigenvalue weighted by Gasteiger charge is 2.42. The molecule has 0 spiro atoms. The topological polar surface area (TPSA) is 52.9 Å². The standard InChI is InChI=1S/C19H19FN2O2/c1-11-4-9-16(10-12(11)2)22-18(14-5-7-15(20)8-6-14)17(19(23)24)13(3)21-22/h4-10,17-18H,1-3H3,(H,23,24). The van der Waals surface area contributed by atoms with Crippen LogP contribution in [-0.4, -0.2) is 16.8 Å². The van der Waals surface area contributed by atoms with Gasteiger partial charge in [0.25, 0.3) is 0 Å². The van der Waals surface area contributed by atoms with Crippen molar-refractivity contribution < 1.29 is 14.3 Å². The molecule has 2 atom stereocenters. The van der Waals surface area contributed by atoms with Crippen LogP contribution in [0.1, 0.15) is 29.7 Å². The molecule has 2 aromatic rings. The number of carbonyl (C=O) groups is 1. The molecule has 0 aromatic heterocycles. The van der Waals surface area contributed by atoms with Crippen molar-refractivity contribution in [3.05, 3.63) is 65.0 Å². The molecule has 3 rings (SSSR count). The van der Waals surface area contributed by atoms with Crippen LogP contribution in [0, 0.1) is 25.6 Å². The zero-order valence-corrected chi connectivity index (χ0v) is 13.8. The number of hydrogen-bond donors (Lipinski definition) is 1. The van der Waals surface area contributed by atoms with E-state index in [1.807, 2.05) is 32.0 Å². The molecule has 2 unspecified atom stereocenters. The van der Waals surface area contributed by atoms with Crippen molar-refractivity contribution in [2.45, 2.75) is 26.8 Å². The molecule has 0 saturated heterocycles. The van der Waals surface area contributed by atoms with Crippen molar-refractivity contribution in [3.63, 3.8) is 0 Å². The lowest BCUT2D eigenvalue weighted by molar-refractivity contribution is -0.139. The quantitative estimate of drug-likeness (QED) is 0.924. The summed E-state index contributed by atoms with van der Waals surface area (Å²) >= 11 is 0. The Labute approximate surface area is 140 Å². The SMILES string of the molecule is CC1=NN(c2ccc(C)c(C)c2)C(c2ccc(F)cc2)C1C(=O)O. The first-order valence-electron chi connectivity index (χ1n) is 7.78. The Bertz CT molecular complexity index is 815. The lowest BCUT2D eigenvalue weighted by Crippen LogP contribution is -2.30. The fourth-order valence-corrected chi connectivity index (χ4v) is 3.06. The molecule has 0 saturated carbocycles. The Kier molecular flexibility index (Phi) is 4.09. The van der Waals surface area contributed by atoms with E-state index in [1.165, 1.54) is 12.1 Å². The molecule has 24 heavy (non-hydrogen) atoms. The minimum absolute atomic E-state index is 0.348. The molecular weight excluding hydrogens is 307 g/mol. The summed E-state index contributed by atoms with van der Waals surface area (Å²) in [6, 6.07) is 11.4. The molecule has 0 bridgehead atoms. The first-order valence-corrected chi connectivity index (χ1v) is 7.78. The third kappa shape index (κ3) is 2.77. The highest BCUT2D eigenvalue weighted by molar-refractivity contribution is 6.03. The van der Waals surface area contributed by atoms with Crippen LogP contribution >= 0.6 is 0 Å². The lowest BCUT2D eigenvalue weighted by atomic mass is 9.90. The van der Waals surface area contributed by atoms with Crippen LogP contribution < -0.4 is 5.01 Å². The van der Waals surface area contributed by atoms with E-state index in [0.717, 1.165) is 22.4 Å². The Hall–Kier alpha value is -2.69. The van der Waals surface area contributed by atoms with Gasteiger partial charge in [-0.3, -0.25) is 9.80 Å². The van der Waals surface area contributed by atoms with Crippen LogP contribution in [0.3, 0.4) is 0 Å². The summed E-state index contributed by atoms with van der Waals surface area (Å²) in [6.45, 7) is 5.75. The van der Waals surface area contributed by atoms with Gasteiger partial charge in [-0.1, -0.05) is 18.2 Å². The van der Waals surface area contributed by atoms with E-state index < -0.39 is 17.9 Å². The minimum Gasteiger partial charge on any atom is -0.481 e. The Morgan fingerprint density at radius 3 is 2.33 bits per heavy atom. The van der Waals surface area contributed by atoms with E-state index in [-0.39, 0.29) is 5.82 Å². The fraction of sp³-hybridized carbons (Fsp3) is 0.263. The molecule has 1 heterocycles. The van der Waals surface area contributed by atoms with Gasteiger partial charge in [-0.2, -0.15) is 5.10 Å². The van der Waals surface area contributed by atoms with Crippen LogP contribution in [0.25, 0.3) is 0 Å². The number of benzene rings is 2. The van der Waals surface area contributed by atoms with Crippen molar-refractivity contribution in [2.24, 2.45) is 11.0 Å². The van der Waals surface area contributed by atoms with Crippen molar-refractivity contribution in [1.29, 1.82) is 0 Å². The number of carboxylic acids is 1. The maximum atomic E-state index is 13.3. The van der Waals surface area contributed by atoms with E-state index in [2.05, 4.69) is 5.10 Å². The van der Waals surface area contributed by atoms with Gasteiger partial charge in [0.15, 0.2) is 0 Å². The molecule has 4 nitrogen and oxygen atoms in total. The summed E-state index contributed by atoms with van der Waals surface area (Å²) in [6.07, 6.45) is 0. The number of aryl methyl sites for hydroxylation is 2. The predicted molar refractivity (Wildman–Crippen MR) is 91.8 cm³/mol. The smallest absolute Gasteiger partial charge is 0.314 e. The summed E-state index contributed by atoms with van der Waals surface area (Å²) in [5.41, 5.74) is 4.36. The summed E-state index contributed by atoms with van der Waals surface area (Å²) in [4.78, 5) is 11.8. The second-order valence-electron chi connectivity index (χ2n) is 6.17. The zero-order chi connectivity index (χ0) is 17.4. The number of anilines is 1. The highest BCUT2D eigenvalue weighted by atomic mass is 19.1. The van der Waals surface area contributed by atoms with Crippen LogP contribution in [0.2, 0.25) is 0 Å². The molecule has 2 aromatic carbocycles. The monoisotopic (exact) mass is 326 g/mol. The maximum absolute atomic E-state index is 13.3. The van der Waals surface area contributed by atoms with E-state index in [1.54, 1.807) is 24.1 Å². The van der Waals surface area contributed by atoms with Gasteiger partial charge in [0.2, 0.25) is 0 Å². The lowest BCUT2D eigenvalue weighted by Gasteiger charge is -2.27. The first-order chi connectivity index (χ1) is 11.4. The maximum Gasteiger partial charge on any atom is 0.314 e. The van der Waals surface area contributed by atoms with Gasteiger partial charge < -0.3 is 5.11 Å². The largest absolute Gasteiger partial charge is 0.481 e. The third-order valence-corrected chi connectivity index (χ3v) is 4.53. The van der Waals surface area contributed by atoms with E-state index in [0.29, 0.717) is 5.71 Å². The number of aliphatic carboxylic acids is 1. The van der Waals surface area contributed by atoms with E-state index >= 15 is 0 Å². The van der Waals surface area contributed by atoms with Crippen molar-refractivity contribution in [1.82, 2.24) is 0 Å². The molecule has 0 amide bonds. The second kappa shape index (κ2) is 6.07. The van der Waals surface area contributed by atoms with Gasteiger partial charge in [-0.05, 0) is 61.7 Å². The Morgan fingerprint density at radius 2 is 1.75 bits per heavy atom. The molecule has 1 N–H and O–H groups in total. The Balaban J connectivity index is 2.09. The van der Waals surface area contributed by atoms with E-state index in [9.17, 15) is 14.3 Å². The van der Waals surface area contributed by atoms with Gasteiger partial charge in [-0.25, -0.2) is 4.39 Å². The molecule has 1 aliphatic rings. The molecule has 0 aliphatic carbocycles. The molecule has 0 radical (unpaired) electrons. The second-order valence-corrected chi connectivity index (χ2v) is 6.17. The fourth-order valence-electron chi connectivity index (χ4n) is 3.06. The molecule has 0 fully saturated rings. The third-order valence-electron chi connectivity index (χ3n) is 4.53. The van der Waals surface area contributed by atoms with Crippen molar-refractivity contribution >= 4 is 17.4 Å². The normalized spacial score (nSPS) is 20.2. The summed E-state index contributed by atoms with van der Waals surface area (Å²) in [7, 11) is 0. The van der Waals surface area contributed by atoms with Crippen molar-refractivity contribution in [3.8, 4) is 0 Å². The summed E-state index contributed by atoms with van der Waals surface area (Å²) < 4.78 is 13.3. The van der Waals surface area contributed by atoms with Crippen LogP contribution in [0.4, 0.5) is 10.1 Å².